The summed E-state index contributed by atoms with van der Waals surface area (Å²) in [5, 5.41) is 2.01. The normalized spacial score (nSPS) is 26.2. The predicted octanol–water partition coefficient (Wildman–Crippen LogP) is 2.52. The van der Waals surface area contributed by atoms with Crippen LogP contribution < -0.4 is 4.74 Å². The average molecular weight is 344 g/mol. The molecule has 6 heteroatoms. The molecule has 2 aromatic heterocycles. The number of hydrogen-bond donors (Lipinski definition) is 0. The van der Waals surface area contributed by atoms with Crippen molar-refractivity contribution in [1.29, 1.82) is 0 Å². The highest BCUT2D eigenvalue weighted by Crippen LogP contribution is 2.31. The van der Waals surface area contributed by atoms with Gasteiger partial charge in [0.05, 0.1) is 19.0 Å². The number of amides is 1. The van der Waals surface area contributed by atoms with Crippen LogP contribution in [0.4, 0.5) is 0 Å². The van der Waals surface area contributed by atoms with Crippen LogP contribution in [0.25, 0.3) is 0 Å². The Morgan fingerprint density at radius 1 is 1.38 bits per heavy atom. The van der Waals surface area contributed by atoms with Crippen LogP contribution in [0, 0.1) is 0 Å². The molecule has 4 heterocycles. The molecule has 2 aromatic rings. The van der Waals surface area contributed by atoms with Crippen LogP contribution in [0.5, 0.6) is 5.88 Å². The molecule has 0 N–H and O–H groups in total. The number of nitrogens with zero attached hydrogens (tertiary/aromatic N) is 2. The first kappa shape index (κ1) is 15.6. The van der Waals surface area contributed by atoms with Gasteiger partial charge in [0.15, 0.2) is 0 Å². The molecule has 0 saturated carbocycles. The van der Waals surface area contributed by atoms with E-state index in [1.807, 2.05) is 40.6 Å². The number of carbonyl (C=O) groups excluding carboxylic acids is 1. The zero-order valence-electron chi connectivity index (χ0n) is 13.3. The number of likely N-dealkylation sites (tertiary alicyclic amines) is 1. The molecule has 2 fully saturated rings. The van der Waals surface area contributed by atoms with E-state index in [2.05, 4.69) is 4.98 Å². The molecule has 0 aromatic carbocycles. The van der Waals surface area contributed by atoms with Gasteiger partial charge in [-0.05, 0) is 30.4 Å². The zero-order valence-corrected chi connectivity index (χ0v) is 14.2. The van der Waals surface area contributed by atoms with E-state index in [1.54, 1.807) is 17.5 Å². The van der Waals surface area contributed by atoms with Crippen molar-refractivity contribution in [3.63, 3.8) is 0 Å². The van der Waals surface area contributed by atoms with E-state index in [4.69, 9.17) is 9.47 Å². The van der Waals surface area contributed by atoms with E-state index >= 15 is 0 Å². The van der Waals surface area contributed by atoms with Crippen LogP contribution in [0.15, 0.2) is 41.9 Å². The minimum atomic E-state index is -0.155. The number of pyridine rings is 1. The molecule has 2 saturated heterocycles. The zero-order chi connectivity index (χ0) is 16.4. The number of thiophene rings is 1. The van der Waals surface area contributed by atoms with Gasteiger partial charge in [0.1, 0.15) is 12.2 Å². The van der Waals surface area contributed by atoms with Gasteiger partial charge in [0.25, 0.3) is 0 Å². The monoisotopic (exact) mass is 344 g/mol. The van der Waals surface area contributed by atoms with E-state index in [1.165, 1.54) is 0 Å². The lowest BCUT2D eigenvalue weighted by molar-refractivity contribution is -0.133. The highest BCUT2D eigenvalue weighted by atomic mass is 32.1. The number of hydrogen-bond acceptors (Lipinski definition) is 5. The van der Waals surface area contributed by atoms with Gasteiger partial charge in [-0.25, -0.2) is 4.98 Å². The van der Waals surface area contributed by atoms with Gasteiger partial charge in [0.2, 0.25) is 11.8 Å². The van der Waals surface area contributed by atoms with Crippen molar-refractivity contribution in [1.82, 2.24) is 9.88 Å². The Kier molecular flexibility index (Phi) is 4.49. The number of rotatable bonds is 4. The first-order valence-electron chi connectivity index (χ1n) is 8.32. The SMILES string of the molecule is O=C(Cc1cccs1)N1C[C@@H](Oc2ccccn2)[C@H]2OCCC[C@H]21. The Balaban J connectivity index is 1.49. The van der Waals surface area contributed by atoms with Crippen molar-refractivity contribution in [2.75, 3.05) is 13.2 Å². The molecule has 0 radical (unpaired) electrons. The molecular formula is C18H20N2O3S. The molecule has 2 aliphatic heterocycles. The fourth-order valence-electron chi connectivity index (χ4n) is 3.54. The van der Waals surface area contributed by atoms with Gasteiger partial charge >= 0.3 is 0 Å². The molecular weight excluding hydrogens is 324 g/mol. The second-order valence-corrected chi connectivity index (χ2v) is 7.20. The second kappa shape index (κ2) is 6.91. The van der Waals surface area contributed by atoms with Crippen LogP contribution in [-0.2, 0) is 16.0 Å². The maximum Gasteiger partial charge on any atom is 0.228 e. The van der Waals surface area contributed by atoms with E-state index in [-0.39, 0.29) is 24.2 Å². The van der Waals surface area contributed by atoms with Crippen LogP contribution in [0.2, 0.25) is 0 Å². The molecule has 5 nitrogen and oxygen atoms in total. The summed E-state index contributed by atoms with van der Waals surface area (Å²) in [6, 6.07) is 9.70. The Labute approximate surface area is 145 Å². The van der Waals surface area contributed by atoms with Gasteiger partial charge in [-0.15, -0.1) is 11.3 Å². The van der Waals surface area contributed by atoms with Crippen molar-refractivity contribution in [2.45, 2.75) is 37.5 Å². The minimum absolute atomic E-state index is 0.0620. The van der Waals surface area contributed by atoms with Crippen molar-refractivity contribution >= 4 is 17.2 Å². The Morgan fingerprint density at radius 2 is 2.33 bits per heavy atom. The lowest BCUT2D eigenvalue weighted by Gasteiger charge is -2.32. The summed E-state index contributed by atoms with van der Waals surface area (Å²) >= 11 is 1.62. The summed E-state index contributed by atoms with van der Waals surface area (Å²) in [7, 11) is 0. The summed E-state index contributed by atoms with van der Waals surface area (Å²) in [4.78, 5) is 20.1. The number of carbonyl (C=O) groups is 1. The van der Waals surface area contributed by atoms with Crippen molar-refractivity contribution in [2.24, 2.45) is 0 Å². The van der Waals surface area contributed by atoms with Crippen LogP contribution in [0.1, 0.15) is 17.7 Å². The summed E-state index contributed by atoms with van der Waals surface area (Å²) in [6.45, 7) is 1.30. The molecule has 24 heavy (non-hydrogen) atoms. The molecule has 3 atom stereocenters. The summed E-state index contributed by atoms with van der Waals surface area (Å²) in [5.41, 5.74) is 0. The summed E-state index contributed by atoms with van der Waals surface area (Å²) in [5.74, 6) is 0.744. The summed E-state index contributed by atoms with van der Waals surface area (Å²) < 4.78 is 12.0. The standard InChI is InChI=1S/C18H20N2O3S/c21-17(11-13-5-4-10-24-13)20-12-15(18-14(20)6-3-9-22-18)23-16-7-1-2-8-19-16/h1-2,4-5,7-8,10,14-15,18H,3,6,9,11-12H2/t14-,15-,18+/m1/s1. The topological polar surface area (TPSA) is 51.7 Å². The molecule has 0 aliphatic carbocycles. The highest BCUT2D eigenvalue weighted by Gasteiger charge is 2.47. The first-order valence-corrected chi connectivity index (χ1v) is 9.20. The van der Waals surface area contributed by atoms with Gasteiger partial charge in [0, 0.05) is 23.7 Å². The Hall–Kier alpha value is -1.92. The minimum Gasteiger partial charge on any atom is -0.470 e. The van der Waals surface area contributed by atoms with Gasteiger partial charge in [-0.2, -0.15) is 0 Å². The van der Waals surface area contributed by atoms with E-state index in [0.717, 1.165) is 24.3 Å². The second-order valence-electron chi connectivity index (χ2n) is 6.17. The van der Waals surface area contributed by atoms with E-state index < -0.39 is 0 Å². The third-order valence-corrected chi connectivity index (χ3v) is 5.49. The van der Waals surface area contributed by atoms with E-state index in [9.17, 15) is 4.79 Å². The average Bonchev–Trinajstić information content (AvgIpc) is 3.24. The number of fused-ring (bicyclic) bond motifs is 1. The van der Waals surface area contributed by atoms with Crippen LogP contribution in [0.3, 0.4) is 0 Å². The fraction of sp³-hybridized carbons (Fsp3) is 0.444. The van der Waals surface area contributed by atoms with Crippen molar-refractivity contribution in [3.05, 3.63) is 46.8 Å². The Morgan fingerprint density at radius 3 is 3.12 bits per heavy atom. The lowest BCUT2D eigenvalue weighted by atomic mass is 10.0. The molecule has 0 unspecified atom stereocenters. The van der Waals surface area contributed by atoms with E-state index in [0.29, 0.717) is 18.8 Å². The van der Waals surface area contributed by atoms with Crippen LogP contribution in [-0.4, -0.2) is 47.2 Å². The number of ether oxygens (including phenoxy) is 2. The quantitative estimate of drug-likeness (QED) is 0.855. The molecule has 2 aliphatic rings. The molecule has 1 amide bonds. The first-order chi connectivity index (χ1) is 11.8. The third kappa shape index (κ3) is 3.16. The van der Waals surface area contributed by atoms with Crippen molar-refractivity contribution < 1.29 is 14.3 Å². The maximum absolute atomic E-state index is 12.8. The van der Waals surface area contributed by atoms with Gasteiger partial charge < -0.3 is 14.4 Å². The number of aromatic nitrogens is 1. The molecule has 0 bridgehead atoms. The maximum atomic E-state index is 12.8. The fourth-order valence-corrected chi connectivity index (χ4v) is 4.23. The molecule has 126 valence electrons. The largest absolute Gasteiger partial charge is 0.470 e. The van der Waals surface area contributed by atoms with Gasteiger partial charge in [-0.3, -0.25) is 4.79 Å². The third-order valence-electron chi connectivity index (χ3n) is 4.61. The van der Waals surface area contributed by atoms with Gasteiger partial charge in [-0.1, -0.05) is 12.1 Å². The van der Waals surface area contributed by atoms with Crippen molar-refractivity contribution in [3.8, 4) is 5.88 Å². The smallest absolute Gasteiger partial charge is 0.228 e. The highest BCUT2D eigenvalue weighted by molar-refractivity contribution is 7.10. The lowest BCUT2D eigenvalue weighted by Crippen LogP contribution is -2.44. The van der Waals surface area contributed by atoms with Crippen LogP contribution >= 0.6 is 11.3 Å². The molecule has 4 rings (SSSR count). The summed E-state index contributed by atoms with van der Waals surface area (Å²) in [6.07, 6.45) is 3.91. The molecule has 0 spiro atoms. The predicted molar refractivity (Wildman–Crippen MR) is 91.2 cm³/mol. The Bertz CT molecular complexity index is 677.